The normalized spacial score (nSPS) is 12.0. The molecule has 198 valence electrons. The molecule has 5 aromatic rings. The molecule has 0 fully saturated rings. The number of halogens is 1. The molecule has 2 aromatic carbocycles. The molecule has 9 nitrogen and oxygen atoms in total. The summed E-state index contributed by atoms with van der Waals surface area (Å²) in [6.07, 6.45) is 3.11. The van der Waals surface area contributed by atoms with Gasteiger partial charge in [0.25, 0.3) is 5.91 Å². The van der Waals surface area contributed by atoms with E-state index >= 15 is 0 Å². The zero-order chi connectivity index (χ0) is 27.4. The number of sulfonamides is 1. The molecule has 3 heterocycles. The predicted octanol–water partition coefficient (Wildman–Crippen LogP) is 5.04. The van der Waals surface area contributed by atoms with Crippen molar-refractivity contribution in [2.24, 2.45) is 5.10 Å². The summed E-state index contributed by atoms with van der Waals surface area (Å²) in [5.74, 6) is 0.343. The van der Waals surface area contributed by atoms with Crippen molar-refractivity contribution in [3.63, 3.8) is 0 Å². The molecular weight excluding hydrogens is 538 g/mol. The first kappa shape index (κ1) is 26.4. The van der Waals surface area contributed by atoms with Crippen LogP contribution in [0.1, 0.15) is 33.3 Å². The van der Waals surface area contributed by atoms with Crippen LogP contribution in [0.5, 0.6) is 0 Å². The van der Waals surface area contributed by atoms with Crippen molar-refractivity contribution in [2.45, 2.75) is 24.9 Å². The highest BCUT2D eigenvalue weighted by molar-refractivity contribution is 7.89. The molecular formula is C28H24ClN5O4S. The van der Waals surface area contributed by atoms with Crippen molar-refractivity contribution < 1.29 is 17.6 Å². The van der Waals surface area contributed by atoms with E-state index in [1.54, 1.807) is 41.8 Å². The van der Waals surface area contributed by atoms with Crippen LogP contribution in [0.2, 0.25) is 5.02 Å². The second kappa shape index (κ2) is 11.2. The van der Waals surface area contributed by atoms with Gasteiger partial charge in [-0.2, -0.15) is 9.41 Å². The lowest BCUT2D eigenvalue weighted by Crippen LogP contribution is -2.30. The van der Waals surface area contributed by atoms with Crippen LogP contribution >= 0.6 is 11.6 Å². The maximum absolute atomic E-state index is 13.5. The number of nitrogens with zero attached hydrogens (tertiary/aromatic N) is 4. The molecule has 0 atom stereocenters. The van der Waals surface area contributed by atoms with E-state index in [1.165, 1.54) is 22.7 Å². The molecule has 0 aliphatic rings. The Morgan fingerprint density at radius 3 is 2.54 bits per heavy atom. The molecule has 5 rings (SSSR count). The molecule has 0 bridgehead atoms. The first-order chi connectivity index (χ1) is 18.8. The minimum Gasteiger partial charge on any atom is -0.459 e. The van der Waals surface area contributed by atoms with Crippen molar-refractivity contribution in [2.75, 3.05) is 0 Å². The van der Waals surface area contributed by atoms with Crippen LogP contribution in [0.4, 0.5) is 0 Å². The van der Waals surface area contributed by atoms with Gasteiger partial charge in [-0.1, -0.05) is 48.0 Å². The van der Waals surface area contributed by atoms with Crippen LogP contribution in [0.3, 0.4) is 0 Å². The molecule has 0 spiro atoms. The van der Waals surface area contributed by atoms with Crippen LogP contribution < -0.4 is 5.43 Å². The summed E-state index contributed by atoms with van der Waals surface area (Å²) in [5.41, 5.74) is 4.94. The summed E-state index contributed by atoms with van der Waals surface area (Å²) >= 11 is 5.96. The third-order valence-corrected chi connectivity index (χ3v) is 8.00. The van der Waals surface area contributed by atoms with E-state index in [0.29, 0.717) is 33.6 Å². The molecule has 0 radical (unpaired) electrons. The Labute approximate surface area is 230 Å². The number of hydrazone groups is 1. The number of aryl methyl sites for hydroxylation is 1. The Bertz CT molecular complexity index is 1750. The van der Waals surface area contributed by atoms with Crippen molar-refractivity contribution in [3.05, 3.63) is 125 Å². The van der Waals surface area contributed by atoms with Crippen LogP contribution in [0, 0.1) is 6.92 Å². The number of aromatic nitrogens is 2. The number of nitrogens with one attached hydrogen (secondary N) is 1. The van der Waals surface area contributed by atoms with E-state index in [0.717, 1.165) is 5.56 Å². The number of rotatable bonds is 9. The van der Waals surface area contributed by atoms with Gasteiger partial charge in [-0.15, -0.1) is 0 Å². The number of benzene rings is 2. The molecule has 0 aliphatic carbocycles. The van der Waals surface area contributed by atoms with Crippen LogP contribution in [-0.4, -0.2) is 34.2 Å². The Kier molecular flexibility index (Phi) is 7.60. The van der Waals surface area contributed by atoms with Gasteiger partial charge in [0.1, 0.15) is 22.9 Å². The number of fused-ring (bicyclic) bond motifs is 1. The lowest BCUT2D eigenvalue weighted by molar-refractivity contribution is 0.0948. The summed E-state index contributed by atoms with van der Waals surface area (Å²) < 4.78 is 35.8. The fourth-order valence-electron chi connectivity index (χ4n) is 4.09. The van der Waals surface area contributed by atoms with Crippen LogP contribution in [0.25, 0.3) is 5.65 Å². The van der Waals surface area contributed by atoms with Gasteiger partial charge in [0, 0.05) is 17.8 Å². The standard InChI is InChI=1S/C28H24ClN5O4S/c1-20-27(34-16-6-5-9-26(34)31-20)28(35)32-30-17-23-12-13-24(38-23)19-33(18-21-7-3-2-4-8-21)39(36,37)25-14-10-22(29)11-15-25/h2-17H,18-19H2,1H3,(H,32,35)/b30-17+. The monoisotopic (exact) mass is 561 g/mol. The zero-order valence-electron chi connectivity index (χ0n) is 20.9. The molecule has 0 saturated carbocycles. The Morgan fingerprint density at radius 1 is 1.03 bits per heavy atom. The predicted molar refractivity (Wildman–Crippen MR) is 148 cm³/mol. The first-order valence-corrected chi connectivity index (χ1v) is 13.8. The van der Waals surface area contributed by atoms with Crippen LogP contribution in [-0.2, 0) is 23.1 Å². The number of pyridine rings is 1. The van der Waals surface area contributed by atoms with E-state index < -0.39 is 15.9 Å². The number of carbonyl (C=O) groups excluding carboxylic acids is 1. The van der Waals surface area contributed by atoms with E-state index in [-0.39, 0.29) is 18.0 Å². The second-order valence-corrected chi connectivity index (χ2v) is 11.1. The number of carbonyl (C=O) groups is 1. The average molecular weight is 562 g/mol. The van der Waals surface area contributed by atoms with Crippen molar-refractivity contribution in [1.82, 2.24) is 19.1 Å². The number of hydrogen-bond acceptors (Lipinski definition) is 6. The average Bonchev–Trinajstić information content (AvgIpc) is 3.52. The van der Waals surface area contributed by atoms with Gasteiger partial charge >= 0.3 is 0 Å². The number of imidazole rings is 1. The largest absolute Gasteiger partial charge is 0.459 e. The minimum absolute atomic E-state index is 0.0128. The Balaban J connectivity index is 1.32. The number of furan rings is 1. The molecule has 11 heteroatoms. The van der Waals surface area contributed by atoms with Gasteiger partial charge in [0.2, 0.25) is 10.0 Å². The molecule has 39 heavy (non-hydrogen) atoms. The van der Waals surface area contributed by atoms with Gasteiger partial charge in [-0.25, -0.2) is 18.8 Å². The van der Waals surface area contributed by atoms with Crippen molar-refractivity contribution in [3.8, 4) is 0 Å². The van der Waals surface area contributed by atoms with E-state index in [4.69, 9.17) is 16.0 Å². The molecule has 1 N–H and O–H groups in total. The third-order valence-electron chi connectivity index (χ3n) is 5.94. The molecule has 0 unspecified atom stereocenters. The summed E-state index contributed by atoms with van der Waals surface area (Å²) in [6.45, 7) is 1.88. The lowest BCUT2D eigenvalue weighted by Gasteiger charge is -2.21. The highest BCUT2D eigenvalue weighted by Gasteiger charge is 2.26. The van der Waals surface area contributed by atoms with E-state index in [9.17, 15) is 13.2 Å². The summed E-state index contributed by atoms with van der Waals surface area (Å²) in [6, 6.07) is 24.1. The summed E-state index contributed by atoms with van der Waals surface area (Å²) in [7, 11) is -3.86. The topological polar surface area (TPSA) is 109 Å². The molecule has 3 aromatic heterocycles. The number of amides is 1. The van der Waals surface area contributed by atoms with Crippen LogP contribution in [0.15, 0.2) is 106 Å². The van der Waals surface area contributed by atoms with E-state index in [2.05, 4.69) is 15.5 Å². The first-order valence-electron chi connectivity index (χ1n) is 12.0. The fourth-order valence-corrected chi connectivity index (χ4v) is 5.61. The molecule has 0 aliphatic heterocycles. The Hall–Kier alpha value is -4.25. The third kappa shape index (κ3) is 5.93. The maximum atomic E-state index is 13.5. The minimum atomic E-state index is -3.86. The Morgan fingerprint density at radius 2 is 1.77 bits per heavy atom. The van der Waals surface area contributed by atoms with Gasteiger partial charge in [-0.3, -0.25) is 9.20 Å². The second-order valence-electron chi connectivity index (χ2n) is 8.69. The lowest BCUT2D eigenvalue weighted by atomic mass is 10.2. The SMILES string of the molecule is Cc1nc2ccccn2c1C(=O)N/N=C/c1ccc(CN(Cc2ccccc2)S(=O)(=O)c2ccc(Cl)cc2)o1. The van der Waals surface area contributed by atoms with Gasteiger partial charge in [0.15, 0.2) is 0 Å². The summed E-state index contributed by atoms with van der Waals surface area (Å²) in [5, 5.41) is 4.45. The maximum Gasteiger partial charge on any atom is 0.290 e. The number of hydrogen-bond donors (Lipinski definition) is 1. The van der Waals surface area contributed by atoms with E-state index in [1.807, 2.05) is 48.5 Å². The van der Waals surface area contributed by atoms with Crippen molar-refractivity contribution >= 4 is 39.4 Å². The van der Waals surface area contributed by atoms with Gasteiger partial charge in [0.05, 0.1) is 23.3 Å². The van der Waals surface area contributed by atoms with Gasteiger partial charge in [-0.05, 0) is 61.0 Å². The quantitative estimate of drug-likeness (QED) is 0.200. The van der Waals surface area contributed by atoms with Crippen molar-refractivity contribution in [1.29, 1.82) is 0 Å². The molecule has 0 saturated heterocycles. The highest BCUT2D eigenvalue weighted by atomic mass is 35.5. The smallest absolute Gasteiger partial charge is 0.290 e. The summed E-state index contributed by atoms with van der Waals surface area (Å²) in [4.78, 5) is 17.2. The molecule has 1 amide bonds. The zero-order valence-corrected chi connectivity index (χ0v) is 22.4. The highest BCUT2D eigenvalue weighted by Crippen LogP contribution is 2.23. The fraction of sp³-hybridized carbons (Fsp3) is 0.107. The van der Waals surface area contributed by atoms with Gasteiger partial charge < -0.3 is 4.42 Å².